The van der Waals surface area contributed by atoms with E-state index < -0.39 is 0 Å². The summed E-state index contributed by atoms with van der Waals surface area (Å²) < 4.78 is 7.36. The van der Waals surface area contributed by atoms with Gasteiger partial charge in [0.25, 0.3) is 0 Å². The molecule has 1 heterocycles. The lowest BCUT2D eigenvalue weighted by atomic mass is 10.2. The zero-order valence-corrected chi connectivity index (χ0v) is 10.3. The summed E-state index contributed by atoms with van der Waals surface area (Å²) in [6, 6.07) is 11.2. The van der Waals surface area contributed by atoms with E-state index in [1.807, 2.05) is 31.3 Å². The first-order chi connectivity index (χ1) is 8.74. The van der Waals surface area contributed by atoms with Gasteiger partial charge in [0.2, 0.25) is 0 Å². The zero-order chi connectivity index (χ0) is 13.0. The fourth-order valence-electron chi connectivity index (χ4n) is 1.75. The number of hydrogen-bond donors (Lipinski definition) is 1. The monoisotopic (exact) mass is 241 g/mol. The molecule has 0 spiro atoms. The smallest absolute Gasteiger partial charge is 0.124 e. The highest BCUT2D eigenvalue weighted by atomic mass is 16.5. The fraction of sp³-hybridized carbons (Fsp3) is 0.214. The predicted octanol–water partition coefficient (Wildman–Crippen LogP) is 2.72. The molecule has 0 aliphatic carbocycles. The van der Waals surface area contributed by atoms with Crippen LogP contribution >= 0.6 is 0 Å². The van der Waals surface area contributed by atoms with Gasteiger partial charge in [-0.1, -0.05) is 6.92 Å². The Kier molecular flexibility index (Phi) is 3.54. The maximum absolute atomic E-state index is 9.02. The van der Waals surface area contributed by atoms with Crippen LogP contribution in [-0.2, 0) is 0 Å². The molecule has 0 aliphatic heterocycles. The van der Waals surface area contributed by atoms with Gasteiger partial charge in [-0.25, -0.2) is 0 Å². The van der Waals surface area contributed by atoms with Crippen molar-refractivity contribution in [3.63, 3.8) is 0 Å². The molecule has 2 rings (SSSR count). The fourth-order valence-corrected chi connectivity index (χ4v) is 1.75. The summed E-state index contributed by atoms with van der Waals surface area (Å²) >= 11 is 0. The largest absolute Gasteiger partial charge is 0.493 e. The Morgan fingerprint density at radius 3 is 2.94 bits per heavy atom. The number of hydrogen-bond acceptors (Lipinski definition) is 3. The maximum atomic E-state index is 9.02. The molecule has 0 radical (unpaired) electrons. The number of nitrogens with two attached hydrogens (primary N) is 1. The van der Waals surface area contributed by atoms with Crippen molar-refractivity contribution in [1.82, 2.24) is 4.57 Å². The van der Waals surface area contributed by atoms with Crippen LogP contribution < -0.4 is 10.5 Å². The van der Waals surface area contributed by atoms with E-state index in [-0.39, 0.29) is 0 Å². The minimum absolute atomic E-state index is 0.571. The van der Waals surface area contributed by atoms with Crippen LogP contribution in [0.4, 0.5) is 5.69 Å². The molecule has 4 nitrogen and oxygen atoms in total. The SMILES string of the molecule is CCCOc1cc(N)cc(-n2cccc2C#N)c1. The Balaban J connectivity index is 2.39. The Morgan fingerprint density at radius 1 is 1.39 bits per heavy atom. The molecule has 1 aromatic heterocycles. The first-order valence-electron chi connectivity index (χ1n) is 5.85. The highest BCUT2D eigenvalue weighted by Gasteiger charge is 2.05. The number of anilines is 1. The second-order valence-electron chi connectivity index (χ2n) is 3.98. The minimum Gasteiger partial charge on any atom is -0.493 e. The van der Waals surface area contributed by atoms with E-state index >= 15 is 0 Å². The Bertz CT molecular complexity index is 581. The van der Waals surface area contributed by atoms with Crippen LogP contribution in [0.5, 0.6) is 5.75 Å². The van der Waals surface area contributed by atoms with Crippen molar-refractivity contribution in [3.8, 4) is 17.5 Å². The van der Waals surface area contributed by atoms with Gasteiger partial charge >= 0.3 is 0 Å². The molecule has 0 bridgehead atoms. The van der Waals surface area contributed by atoms with Crippen molar-refractivity contribution in [2.24, 2.45) is 0 Å². The quantitative estimate of drug-likeness (QED) is 0.837. The number of benzene rings is 1. The number of rotatable bonds is 4. The van der Waals surface area contributed by atoms with Crippen molar-refractivity contribution < 1.29 is 4.74 Å². The summed E-state index contributed by atoms with van der Waals surface area (Å²) in [6.07, 6.45) is 2.77. The Morgan fingerprint density at radius 2 is 2.22 bits per heavy atom. The molecule has 0 saturated carbocycles. The molecular weight excluding hydrogens is 226 g/mol. The topological polar surface area (TPSA) is 64.0 Å². The number of aromatic nitrogens is 1. The van der Waals surface area contributed by atoms with Crippen molar-refractivity contribution in [2.75, 3.05) is 12.3 Å². The average molecular weight is 241 g/mol. The van der Waals surface area contributed by atoms with E-state index in [2.05, 4.69) is 6.07 Å². The normalized spacial score (nSPS) is 10.0. The van der Waals surface area contributed by atoms with Gasteiger partial charge in [0, 0.05) is 24.0 Å². The molecule has 4 heteroatoms. The number of ether oxygens (including phenoxy) is 1. The van der Waals surface area contributed by atoms with Crippen LogP contribution in [0, 0.1) is 11.3 Å². The zero-order valence-electron chi connectivity index (χ0n) is 10.3. The first kappa shape index (κ1) is 12.1. The number of nitriles is 1. The molecule has 2 N–H and O–H groups in total. The molecule has 0 amide bonds. The third-order valence-electron chi connectivity index (χ3n) is 2.53. The van der Waals surface area contributed by atoms with Gasteiger partial charge in [-0.2, -0.15) is 5.26 Å². The van der Waals surface area contributed by atoms with Crippen LogP contribution in [0.1, 0.15) is 19.0 Å². The van der Waals surface area contributed by atoms with Crippen LogP contribution in [0.25, 0.3) is 5.69 Å². The van der Waals surface area contributed by atoms with Gasteiger partial charge in [-0.05, 0) is 24.6 Å². The summed E-state index contributed by atoms with van der Waals surface area (Å²) in [6.45, 7) is 2.70. The summed E-state index contributed by atoms with van der Waals surface area (Å²) in [5, 5.41) is 9.02. The second kappa shape index (κ2) is 5.28. The van der Waals surface area contributed by atoms with Crippen molar-refractivity contribution in [1.29, 1.82) is 5.26 Å². The van der Waals surface area contributed by atoms with Gasteiger partial charge < -0.3 is 15.0 Å². The second-order valence-corrected chi connectivity index (χ2v) is 3.98. The lowest BCUT2D eigenvalue weighted by Gasteiger charge is -2.10. The summed E-state index contributed by atoms with van der Waals surface area (Å²) in [5.41, 5.74) is 7.88. The molecule has 0 saturated heterocycles. The standard InChI is InChI=1S/C14H15N3O/c1-2-6-18-14-8-11(16)7-13(9-14)17-5-3-4-12(17)10-15/h3-5,7-9H,2,6,16H2,1H3. The molecular formula is C14H15N3O. The highest BCUT2D eigenvalue weighted by Crippen LogP contribution is 2.23. The third-order valence-corrected chi connectivity index (χ3v) is 2.53. The lowest BCUT2D eigenvalue weighted by Crippen LogP contribution is -2.00. The van der Waals surface area contributed by atoms with Crippen molar-refractivity contribution in [3.05, 3.63) is 42.2 Å². The van der Waals surface area contributed by atoms with Crippen LogP contribution in [-0.4, -0.2) is 11.2 Å². The van der Waals surface area contributed by atoms with E-state index in [9.17, 15) is 0 Å². The molecule has 0 aliphatic rings. The van der Waals surface area contributed by atoms with Gasteiger partial charge in [0.15, 0.2) is 0 Å². The van der Waals surface area contributed by atoms with Gasteiger partial charge in [0.05, 0.1) is 12.3 Å². The van der Waals surface area contributed by atoms with Gasteiger partial charge in [-0.3, -0.25) is 0 Å². The molecule has 1 aromatic carbocycles. The summed E-state index contributed by atoms with van der Waals surface area (Å²) in [4.78, 5) is 0. The van der Waals surface area contributed by atoms with E-state index in [1.54, 1.807) is 16.7 Å². The van der Waals surface area contributed by atoms with E-state index in [4.69, 9.17) is 15.7 Å². The van der Waals surface area contributed by atoms with Crippen LogP contribution in [0.2, 0.25) is 0 Å². The van der Waals surface area contributed by atoms with Crippen LogP contribution in [0.3, 0.4) is 0 Å². The summed E-state index contributed by atoms with van der Waals surface area (Å²) in [5.74, 6) is 0.726. The highest BCUT2D eigenvalue weighted by molar-refractivity contribution is 5.55. The molecule has 0 unspecified atom stereocenters. The maximum Gasteiger partial charge on any atom is 0.124 e. The van der Waals surface area contributed by atoms with E-state index in [0.717, 1.165) is 17.9 Å². The molecule has 0 atom stereocenters. The molecule has 2 aromatic rings. The molecule has 18 heavy (non-hydrogen) atoms. The van der Waals surface area contributed by atoms with E-state index in [1.165, 1.54) is 0 Å². The van der Waals surface area contributed by atoms with E-state index in [0.29, 0.717) is 18.0 Å². The molecule has 92 valence electrons. The first-order valence-corrected chi connectivity index (χ1v) is 5.85. The number of nitrogens with zero attached hydrogens (tertiary/aromatic N) is 2. The van der Waals surface area contributed by atoms with Crippen molar-refractivity contribution in [2.45, 2.75) is 13.3 Å². The van der Waals surface area contributed by atoms with Crippen LogP contribution in [0.15, 0.2) is 36.5 Å². The average Bonchev–Trinajstić information content (AvgIpc) is 2.84. The molecule has 0 fully saturated rings. The summed E-state index contributed by atoms with van der Waals surface area (Å²) in [7, 11) is 0. The third kappa shape index (κ3) is 2.46. The minimum atomic E-state index is 0.571. The Hall–Kier alpha value is -2.41. The predicted molar refractivity (Wildman–Crippen MR) is 70.7 cm³/mol. The van der Waals surface area contributed by atoms with Gasteiger partial charge in [-0.15, -0.1) is 0 Å². The van der Waals surface area contributed by atoms with Gasteiger partial charge in [0.1, 0.15) is 17.5 Å². The number of nitrogen functional groups attached to an aromatic ring is 1. The Labute approximate surface area is 106 Å². The van der Waals surface area contributed by atoms with Crippen molar-refractivity contribution >= 4 is 5.69 Å². The lowest BCUT2D eigenvalue weighted by molar-refractivity contribution is 0.317.